The van der Waals surface area contributed by atoms with Gasteiger partial charge in [0.15, 0.2) is 0 Å². The van der Waals surface area contributed by atoms with Crippen molar-refractivity contribution < 1.29 is 0 Å². The van der Waals surface area contributed by atoms with E-state index < -0.39 is 0 Å². The Bertz CT molecular complexity index is 573. The van der Waals surface area contributed by atoms with Gasteiger partial charge in [0.1, 0.15) is 12.2 Å². The highest BCUT2D eigenvalue weighted by atomic mass is 15.3. The highest BCUT2D eigenvalue weighted by Crippen LogP contribution is 2.17. The summed E-state index contributed by atoms with van der Waals surface area (Å²) in [6.45, 7) is 9.28. The molecule has 0 aliphatic carbocycles. The Morgan fingerprint density at radius 1 is 1.25 bits per heavy atom. The summed E-state index contributed by atoms with van der Waals surface area (Å²) in [4.78, 5) is 8.79. The predicted octanol–water partition coefficient (Wildman–Crippen LogP) is 2.19. The molecule has 0 aliphatic heterocycles. The first-order chi connectivity index (χ1) is 9.47. The van der Waals surface area contributed by atoms with Gasteiger partial charge in [0.25, 0.3) is 0 Å². The fourth-order valence-corrected chi connectivity index (χ4v) is 2.35. The molecule has 1 unspecified atom stereocenters. The minimum absolute atomic E-state index is 0.147. The van der Waals surface area contributed by atoms with E-state index in [4.69, 9.17) is 5.73 Å². The van der Waals surface area contributed by atoms with Crippen molar-refractivity contribution in [3.8, 4) is 0 Å². The van der Waals surface area contributed by atoms with Crippen LogP contribution in [0.15, 0.2) is 18.6 Å². The zero-order chi connectivity index (χ0) is 14.7. The SMILES string of the molecule is Cc1cnc(C(N)Cc2ncnn2CC(C)C)c(C)c1. The van der Waals surface area contributed by atoms with E-state index in [1.807, 2.05) is 24.7 Å². The van der Waals surface area contributed by atoms with Crippen molar-refractivity contribution in [3.05, 3.63) is 41.2 Å². The lowest BCUT2D eigenvalue weighted by atomic mass is 10.0. The van der Waals surface area contributed by atoms with Crippen LogP contribution in [0.25, 0.3) is 0 Å². The minimum atomic E-state index is -0.147. The predicted molar refractivity (Wildman–Crippen MR) is 79.2 cm³/mol. The number of rotatable bonds is 5. The summed E-state index contributed by atoms with van der Waals surface area (Å²) in [6.07, 6.45) is 4.12. The molecule has 0 aliphatic rings. The topological polar surface area (TPSA) is 69.6 Å². The Morgan fingerprint density at radius 3 is 2.65 bits per heavy atom. The quantitative estimate of drug-likeness (QED) is 0.906. The lowest BCUT2D eigenvalue weighted by Crippen LogP contribution is -2.20. The first-order valence-electron chi connectivity index (χ1n) is 7.02. The fourth-order valence-electron chi connectivity index (χ4n) is 2.35. The molecular weight excluding hydrogens is 250 g/mol. The van der Waals surface area contributed by atoms with Crippen molar-refractivity contribution in [1.29, 1.82) is 0 Å². The number of nitrogens with two attached hydrogens (primary N) is 1. The van der Waals surface area contributed by atoms with Crippen molar-refractivity contribution in [1.82, 2.24) is 19.7 Å². The number of aryl methyl sites for hydroxylation is 2. The molecule has 20 heavy (non-hydrogen) atoms. The van der Waals surface area contributed by atoms with Crippen molar-refractivity contribution in [2.75, 3.05) is 0 Å². The maximum absolute atomic E-state index is 6.29. The molecule has 0 spiro atoms. The number of hydrogen-bond acceptors (Lipinski definition) is 4. The van der Waals surface area contributed by atoms with Crippen LogP contribution in [-0.4, -0.2) is 19.7 Å². The first kappa shape index (κ1) is 14.7. The Balaban J connectivity index is 2.15. The van der Waals surface area contributed by atoms with Gasteiger partial charge in [-0.25, -0.2) is 9.67 Å². The third-order valence-corrected chi connectivity index (χ3v) is 3.24. The van der Waals surface area contributed by atoms with E-state index in [1.54, 1.807) is 6.33 Å². The summed E-state index contributed by atoms with van der Waals surface area (Å²) in [6, 6.07) is 1.96. The van der Waals surface area contributed by atoms with Gasteiger partial charge in [0.05, 0.1) is 11.7 Å². The van der Waals surface area contributed by atoms with Crippen LogP contribution in [0.2, 0.25) is 0 Å². The molecule has 2 rings (SSSR count). The summed E-state index contributed by atoms with van der Waals surface area (Å²) in [5, 5.41) is 4.27. The Labute approximate surface area is 120 Å². The Hall–Kier alpha value is -1.75. The van der Waals surface area contributed by atoms with E-state index >= 15 is 0 Å². The molecule has 0 saturated heterocycles. The Morgan fingerprint density at radius 2 is 2.00 bits per heavy atom. The van der Waals surface area contributed by atoms with Crippen molar-refractivity contribution in [2.45, 2.75) is 46.7 Å². The van der Waals surface area contributed by atoms with Gasteiger partial charge in [-0.05, 0) is 30.9 Å². The molecule has 2 heterocycles. The zero-order valence-corrected chi connectivity index (χ0v) is 12.7. The van der Waals surface area contributed by atoms with Crippen molar-refractivity contribution in [3.63, 3.8) is 0 Å². The zero-order valence-electron chi connectivity index (χ0n) is 12.7. The van der Waals surface area contributed by atoms with Crippen LogP contribution >= 0.6 is 0 Å². The molecule has 2 aromatic heterocycles. The summed E-state index contributed by atoms with van der Waals surface area (Å²) in [5.74, 6) is 1.46. The smallest absolute Gasteiger partial charge is 0.138 e. The molecule has 0 bridgehead atoms. The second-order valence-corrected chi connectivity index (χ2v) is 5.78. The van der Waals surface area contributed by atoms with E-state index in [2.05, 4.69) is 35.0 Å². The van der Waals surface area contributed by atoms with Crippen LogP contribution < -0.4 is 5.73 Å². The molecule has 108 valence electrons. The van der Waals surface area contributed by atoms with Gasteiger partial charge < -0.3 is 5.73 Å². The largest absolute Gasteiger partial charge is 0.322 e. The standard InChI is InChI=1S/C15H23N5/c1-10(2)8-20-14(18-9-19-20)6-13(16)15-12(4)5-11(3)7-17-15/h5,7,9-10,13H,6,8,16H2,1-4H3. The second kappa shape index (κ2) is 6.13. The molecule has 0 radical (unpaired) electrons. The van der Waals surface area contributed by atoms with Gasteiger partial charge in [-0.2, -0.15) is 5.10 Å². The van der Waals surface area contributed by atoms with E-state index in [-0.39, 0.29) is 6.04 Å². The van der Waals surface area contributed by atoms with Gasteiger partial charge in [-0.15, -0.1) is 0 Å². The van der Waals surface area contributed by atoms with Gasteiger partial charge in [-0.3, -0.25) is 4.98 Å². The van der Waals surface area contributed by atoms with Crippen LogP contribution in [0.4, 0.5) is 0 Å². The third kappa shape index (κ3) is 3.42. The van der Waals surface area contributed by atoms with Crippen LogP contribution in [0.3, 0.4) is 0 Å². The molecule has 5 heteroatoms. The van der Waals surface area contributed by atoms with E-state index in [1.165, 1.54) is 0 Å². The number of pyridine rings is 1. The molecule has 0 amide bonds. The first-order valence-corrected chi connectivity index (χ1v) is 7.02. The van der Waals surface area contributed by atoms with E-state index in [0.717, 1.165) is 29.2 Å². The maximum Gasteiger partial charge on any atom is 0.138 e. The van der Waals surface area contributed by atoms with Crippen LogP contribution in [0.5, 0.6) is 0 Å². The second-order valence-electron chi connectivity index (χ2n) is 5.78. The summed E-state index contributed by atoms with van der Waals surface area (Å²) in [7, 11) is 0. The average molecular weight is 273 g/mol. The summed E-state index contributed by atoms with van der Waals surface area (Å²) in [5.41, 5.74) is 9.52. The molecule has 5 nitrogen and oxygen atoms in total. The summed E-state index contributed by atoms with van der Waals surface area (Å²) < 4.78 is 1.94. The molecule has 0 saturated carbocycles. The number of nitrogens with zero attached hydrogens (tertiary/aromatic N) is 4. The number of aromatic nitrogens is 4. The van der Waals surface area contributed by atoms with Gasteiger partial charge in [-0.1, -0.05) is 19.9 Å². The molecular formula is C15H23N5. The lowest BCUT2D eigenvalue weighted by molar-refractivity contribution is 0.458. The van der Waals surface area contributed by atoms with Gasteiger partial charge >= 0.3 is 0 Å². The highest BCUT2D eigenvalue weighted by molar-refractivity contribution is 5.26. The Kier molecular flexibility index (Phi) is 4.49. The molecule has 2 aromatic rings. The fraction of sp³-hybridized carbons (Fsp3) is 0.533. The molecule has 0 fully saturated rings. The van der Waals surface area contributed by atoms with Crippen LogP contribution in [-0.2, 0) is 13.0 Å². The molecule has 0 aromatic carbocycles. The number of hydrogen-bond donors (Lipinski definition) is 1. The maximum atomic E-state index is 6.29. The van der Waals surface area contributed by atoms with Crippen molar-refractivity contribution >= 4 is 0 Å². The molecule has 1 atom stereocenters. The van der Waals surface area contributed by atoms with E-state index in [9.17, 15) is 0 Å². The van der Waals surface area contributed by atoms with Crippen LogP contribution in [0, 0.1) is 19.8 Å². The monoisotopic (exact) mass is 273 g/mol. The summed E-state index contributed by atoms with van der Waals surface area (Å²) >= 11 is 0. The van der Waals surface area contributed by atoms with E-state index in [0.29, 0.717) is 12.3 Å². The van der Waals surface area contributed by atoms with Gasteiger partial charge in [0, 0.05) is 19.2 Å². The van der Waals surface area contributed by atoms with Crippen LogP contribution in [0.1, 0.15) is 42.5 Å². The van der Waals surface area contributed by atoms with Crippen molar-refractivity contribution in [2.24, 2.45) is 11.7 Å². The molecule has 2 N–H and O–H groups in total. The minimum Gasteiger partial charge on any atom is -0.322 e. The highest BCUT2D eigenvalue weighted by Gasteiger charge is 2.15. The third-order valence-electron chi connectivity index (χ3n) is 3.24. The normalized spacial score (nSPS) is 12.9. The lowest BCUT2D eigenvalue weighted by Gasteiger charge is -2.15. The van der Waals surface area contributed by atoms with Gasteiger partial charge in [0.2, 0.25) is 0 Å². The average Bonchev–Trinajstić information content (AvgIpc) is 2.75.